The van der Waals surface area contributed by atoms with Gasteiger partial charge in [0.05, 0.1) is 9.79 Å². The molecule has 0 radical (unpaired) electrons. The predicted molar refractivity (Wildman–Crippen MR) is 332 cm³/mol. The molecule has 0 spiro atoms. The Morgan fingerprint density at radius 3 is 0.688 bits per heavy atom. The maximum atomic E-state index is 11.9. The van der Waals surface area contributed by atoms with Gasteiger partial charge in [-0.2, -0.15) is 0 Å². The van der Waals surface area contributed by atoms with E-state index < -0.39 is 20.2 Å². The Balaban J connectivity index is 0.000000520. The molecular weight excluding hydrogens is 1110 g/mol. The molecule has 6 nitrogen and oxygen atoms in total. The van der Waals surface area contributed by atoms with Crippen molar-refractivity contribution in [1.82, 2.24) is 0 Å². The van der Waals surface area contributed by atoms with Gasteiger partial charge in [-0.1, -0.05) is 295 Å². The molecule has 0 aromatic heterocycles. The summed E-state index contributed by atoms with van der Waals surface area (Å²) in [5.41, 5.74) is 5.16. The molecule has 0 heterocycles. The zero-order valence-electron chi connectivity index (χ0n) is 49.9. The SMILES string of the molecule is CCCCCCCCCCCCc1cc2cccc(S(=O)(=O)[O-])c2cc1CCCCCCCCCCCC.CCCCCCCCCCCCc1cc2cccc(S(=O)(=O)[O-])c2cc1CCCCCCCCCCCC.[Ba+2]. The van der Waals surface area contributed by atoms with Gasteiger partial charge in [-0.25, -0.2) is 16.8 Å². The molecule has 4 aromatic carbocycles. The maximum absolute atomic E-state index is 11.9. The minimum Gasteiger partial charge on any atom is -0.744 e. The van der Waals surface area contributed by atoms with Gasteiger partial charge >= 0.3 is 48.9 Å². The average Bonchev–Trinajstić information content (AvgIpc) is 3.40. The van der Waals surface area contributed by atoms with Crippen LogP contribution in [0.5, 0.6) is 0 Å². The van der Waals surface area contributed by atoms with E-state index in [1.165, 1.54) is 278 Å². The van der Waals surface area contributed by atoms with Crippen LogP contribution in [0.1, 0.15) is 307 Å². The van der Waals surface area contributed by atoms with Gasteiger partial charge in [0.1, 0.15) is 20.2 Å². The van der Waals surface area contributed by atoms with Crippen LogP contribution in [0, 0.1) is 0 Å². The summed E-state index contributed by atoms with van der Waals surface area (Å²) < 4.78 is 71.4. The van der Waals surface area contributed by atoms with Gasteiger partial charge in [0.15, 0.2) is 0 Å². The van der Waals surface area contributed by atoms with Crippen LogP contribution >= 0.6 is 0 Å². The zero-order chi connectivity index (χ0) is 55.0. The van der Waals surface area contributed by atoms with Crippen LogP contribution < -0.4 is 0 Å². The molecule has 0 unspecified atom stereocenters. The number of aryl methyl sites for hydroxylation is 4. The summed E-state index contributed by atoms with van der Waals surface area (Å²) in [4.78, 5) is -0.158. The number of hydrogen-bond donors (Lipinski definition) is 0. The molecule has 9 heteroatoms. The Kier molecular flexibility index (Phi) is 42.3. The summed E-state index contributed by atoms with van der Waals surface area (Å²) in [5, 5.41) is 2.93. The van der Waals surface area contributed by atoms with E-state index in [-0.39, 0.29) is 58.7 Å². The molecule has 0 aliphatic heterocycles. The van der Waals surface area contributed by atoms with Crippen LogP contribution in [-0.2, 0) is 45.9 Å². The van der Waals surface area contributed by atoms with Crippen molar-refractivity contribution in [1.29, 1.82) is 0 Å². The fraction of sp³-hybridized carbons (Fsp3) is 0.706. The average molecular weight is 1230 g/mol. The van der Waals surface area contributed by atoms with Crippen LogP contribution in [0.2, 0.25) is 0 Å². The van der Waals surface area contributed by atoms with E-state index in [4.69, 9.17) is 0 Å². The van der Waals surface area contributed by atoms with Crippen molar-refractivity contribution in [2.24, 2.45) is 0 Å². The normalized spacial score (nSPS) is 11.8. The van der Waals surface area contributed by atoms with Crippen molar-refractivity contribution in [2.75, 3.05) is 0 Å². The molecule has 432 valence electrons. The molecule has 0 aliphatic carbocycles. The Morgan fingerprint density at radius 1 is 0.286 bits per heavy atom. The van der Waals surface area contributed by atoms with Crippen LogP contribution in [0.15, 0.2) is 70.5 Å². The van der Waals surface area contributed by atoms with Crippen molar-refractivity contribution in [2.45, 2.75) is 320 Å². The van der Waals surface area contributed by atoms with Crippen LogP contribution in [0.3, 0.4) is 0 Å². The molecule has 0 bridgehead atoms. The summed E-state index contributed by atoms with van der Waals surface area (Å²) in [7, 11) is -8.98. The van der Waals surface area contributed by atoms with Gasteiger partial charge in [0.25, 0.3) is 0 Å². The third-order valence-corrected chi connectivity index (χ3v) is 17.8. The van der Waals surface area contributed by atoms with Crippen LogP contribution in [0.4, 0.5) is 0 Å². The first-order valence-electron chi connectivity index (χ1n) is 31.9. The molecule has 0 saturated heterocycles. The Morgan fingerprint density at radius 2 is 0.481 bits per heavy atom. The number of fused-ring (bicyclic) bond motifs is 2. The monoisotopic (exact) mass is 1220 g/mol. The third kappa shape index (κ3) is 32.3. The van der Waals surface area contributed by atoms with E-state index in [2.05, 4.69) is 39.8 Å². The molecule has 77 heavy (non-hydrogen) atoms. The van der Waals surface area contributed by atoms with E-state index >= 15 is 0 Å². The van der Waals surface area contributed by atoms with Crippen molar-refractivity contribution in [3.63, 3.8) is 0 Å². The second-order valence-electron chi connectivity index (χ2n) is 22.8. The quantitative estimate of drug-likeness (QED) is 0.0247. The molecule has 0 amide bonds. The van der Waals surface area contributed by atoms with Gasteiger partial charge < -0.3 is 9.11 Å². The number of rotatable bonds is 46. The van der Waals surface area contributed by atoms with Gasteiger partial charge in [-0.05, 0) is 119 Å². The van der Waals surface area contributed by atoms with Crippen molar-refractivity contribution in [3.8, 4) is 0 Å². The Labute approximate surface area is 514 Å². The second-order valence-corrected chi connectivity index (χ2v) is 25.5. The van der Waals surface area contributed by atoms with E-state index in [1.54, 1.807) is 12.1 Å². The van der Waals surface area contributed by atoms with E-state index in [0.717, 1.165) is 49.3 Å². The first-order valence-corrected chi connectivity index (χ1v) is 34.8. The van der Waals surface area contributed by atoms with Crippen molar-refractivity contribution in [3.05, 3.63) is 82.9 Å². The van der Waals surface area contributed by atoms with Crippen LogP contribution in [0.25, 0.3) is 21.5 Å². The van der Waals surface area contributed by atoms with Gasteiger partial charge in [0.2, 0.25) is 0 Å². The number of hydrogen-bond acceptors (Lipinski definition) is 6. The largest absolute Gasteiger partial charge is 2.00 e. The van der Waals surface area contributed by atoms with Gasteiger partial charge in [-0.3, -0.25) is 0 Å². The molecule has 4 rings (SSSR count). The van der Waals surface area contributed by atoms with Gasteiger partial charge in [-0.15, -0.1) is 0 Å². The summed E-state index contributed by atoms with van der Waals surface area (Å²) in [5.74, 6) is 0. The third-order valence-electron chi connectivity index (χ3n) is 16.1. The fourth-order valence-corrected chi connectivity index (χ4v) is 12.7. The Hall–Kier alpha value is -1.21. The van der Waals surface area contributed by atoms with E-state index in [0.29, 0.717) is 10.8 Å². The maximum Gasteiger partial charge on any atom is 2.00 e. The molecular formula is C68H110BaO6S2. The van der Waals surface area contributed by atoms with Crippen LogP contribution in [-0.4, -0.2) is 74.8 Å². The Bertz CT molecular complexity index is 2160. The topological polar surface area (TPSA) is 114 Å². The molecule has 0 N–H and O–H groups in total. The van der Waals surface area contributed by atoms with Gasteiger partial charge in [0, 0.05) is 0 Å². The fourth-order valence-electron chi connectivity index (χ4n) is 11.4. The number of unbranched alkanes of at least 4 members (excludes halogenated alkanes) is 36. The minimum absolute atomic E-state index is 0. The second kappa shape index (κ2) is 45.3. The predicted octanol–water partition coefficient (Wildman–Crippen LogP) is 21.0. The molecule has 0 atom stereocenters. The van der Waals surface area contributed by atoms with E-state index in [1.807, 2.05) is 24.3 Å². The summed E-state index contributed by atoms with van der Waals surface area (Å²) >= 11 is 0. The molecule has 0 aliphatic rings. The summed E-state index contributed by atoms with van der Waals surface area (Å²) in [6.07, 6.45) is 56.6. The van der Waals surface area contributed by atoms with Crippen molar-refractivity contribution < 1.29 is 25.9 Å². The van der Waals surface area contributed by atoms with Crippen molar-refractivity contribution >= 4 is 90.7 Å². The number of benzene rings is 4. The smallest absolute Gasteiger partial charge is 0.744 e. The molecule has 4 aromatic rings. The molecule has 0 fully saturated rings. The first-order chi connectivity index (χ1) is 36.9. The molecule has 0 saturated carbocycles. The zero-order valence-corrected chi connectivity index (χ0v) is 55.9. The summed E-state index contributed by atoms with van der Waals surface area (Å²) in [6, 6.07) is 18.5. The van der Waals surface area contributed by atoms with E-state index in [9.17, 15) is 25.9 Å². The standard InChI is InChI=1S/2C34H56O3S.Ba/c2*1-3-5-7-9-11-13-15-17-19-21-24-30-28-32-26-23-27-34(38(35,36)37)33(32)29-31(30)25-22-20-18-16-14-12-10-8-6-4-2;/h2*23,26-29H,3-22,24-25H2,1-2H3,(H,35,36,37);/q;;+2/p-2. The first kappa shape index (κ1) is 71.9. The minimum atomic E-state index is -4.49. The summed E-state index contributed by atoms with van der Waals surface area (Å²) in [6.45, 7) is 9.06.